The molecule has 0 unspecified atom stereocenters. The maximum atomic E-state index is 12.4. The van der Waals surface area contributed by atoms with Crippen molar-refractivity contribution < 1.29 is 19.4 Å². The van der Waals surface area contributed by atoms with E-state index in [1.54, 1.807) is 11.8 Å². The molecule has 1 aromatic heterocycles. The molecule has 4 aromatic carbocycles. The first-order valence-corrected chi connectivity index (χ1v) is 16.3. The lowest BCUT2D eigenvalue weighted by Gasteiger charge is -2.41. The number of amides is 2. The zero-order chi connectivity index (χ0) is 31.7. The van der Waals surface area contributed by atoms with E-state index in [4.69, 9.17) is 9.47 Å². The van der Waals surface area contributed by atoms with E-state index in [-0.39, 0.29) is 30.8 Å². The molecule has 1 aliphatic heterocycles. The van der Waals surface area contributed by atoms with Crippen molar-refractivity contribution in [1.29, 1.82) is 0 Å². The minimum atomic E-state index is -0.586. The Kier molecular flexibility index (Phi) is 10.4. The Bertz CT molecular complexity index is 1700. The van der Waals surface area contributed by atoms with E-state index in [9.17, 15) is 9.90 Å². The molecule has 1 aliphatic rings. The second-order valence-corrected chi connectivity index (χ2v) is 12.3. The number of aliphatic hydroxyl groups is 1. The van der Waals surface area contributed by atoms with Crippen LogP contribution in [0.2, 0.25) is 0 Å². The molecule has 6 rings (SSSR count). The number of urea groups is 1. The normalized spacial score (nSPS) is 19.4. The number of H-pyrrole nitrogens is 1. The average Bonchev–Trinajstić information content (AvgIpc) is 3.64. The van der Waals surface area contributed by atoms with Crippen molar-refractivity contribution in [3.8, 4) is 11.1 Å². The molecule has 2 heterocycles. The van der Waals surface area contributed by atoms with Gasteiger partial charge in [-0.15, -0.1) is 0 Å². The molecule has 10 heteroatoms. The number of nitrogens with zero attached hydrogens (tertiary/aromatic N) is 2. The van der Waals surface area contributed by atoms with Crippen LogP contribution in [0, 0.1) is 5.92 Å². The third-order valence-electron chi connectivity index (χ3n) is 8.07. The SMILES string of the molecule is C[C@H]1[C@@H](CSc2ncn[nH]2)O[C@@H](c2cccc(-c3cccc(CNC(=O)NCc4ccccc4)c3)c2)O[C@H]1c1ccc(CO)cc1. The lowest BCUT2D eigenvalue weighted by Crippen LogP contribution is -2.38. The number of carbonyl (C=O) groups is 1. The Morgan fingerprint density at radius 3 is 2.28 bits per heavy atom. The fraction of sp³-hybridized carbons (Fsp3) is 0.250. The average molecular weight is 636 g/mol. The fourth-order valence-corrected chi connectivity index (χ4v) is 6.43. The van der Waals surface area contributed by atoms with Gasteiger partial charge in [-0.05, 0) is 45.5 Å². The summed E-state index contributed by atoms with van der Waals surface area (Å²) in [6.45, 7) is 3.01. The summed E-state index contributed by atoms with van der Waals surface area (Å²) in [4.78, 5) is 16.7. The highest BCUT2D eigenvalue weighted by Crippen LogP contribution is 2.43. The summed E-state index contributed by atoms with van der Waals surface area (Å²) in [6, 6.07) is 33.9. The van der Waals surface area contributed by atoms with Crippen molar-refractivity contribution in [1.82, 2.24) is 25.8 Å². The van der Waals surface area contributed by atoms with Gasteiger partial charge < -0.3 is 25.2 Å². The number of aromatic nitrogens is 3. The Balaban J connectivity index is 1.16. The molecule has 1 fully saturated rings. The summed E-state index contributed by atoms with van der Waals surface area (Å²) >= 11 is 1.57. The van der Waals surface area contributed by atoms with Gasteiger partial charge in [-0.2, -0.15) is 5.10 Å². The van der Waals surface area contributed by atoms with Crippen LogP contribution >= 0.6 is 11.8 Å². The first-order valence-electron chi connectivity index (χ1n) is 15.3. The topological polar surface area (TPSA) is 121 Å². The standard InChI is InChI=1S/C36H37N5O4S/c1-24-32(22-46-36-39-23-40-41-36)44-34(45-33(24)28-15-13-26(21-42)14-16-28)31-12-6-11-30(18-31)29-10-5-9-27(17-29)20-38-35(43)37-19-25-7-3-2-4-8-25/h2-18,23-24,32-34,42H,19-22H2,1H3,(H2,37,38,43)(H,39,40,41)/t24-,32+,33+,34+/m0/s1. The zero-order valence-corrected chi connectivity index (χ0v) is 26.3. The maximum absolute atomic E-state index is 12.4. The van der Waals surface area contributed by atoms with E-state index < -0.39 is 6.29 Å². The smallest absolute Gasteiger partial charge is 0.315 e. The summed E-state index contributed by atoms with van der Waals surface area (Å²) in [5.74, 6) is 0.735. The largest absolute Gasteiger partial charge is 0.392 e. The van der Waals surface area contributed by atoms with Gasteiger partial charge in [-0.3, -0.25) is 5.10 Å². The highest BCUT2D eigenvalue weighted by molar-refractivity contribution is 7.99. The van der Waals surface area contributed by atoms with E-state index in [2.05, 4.69) is 57.0 Å². The number of ether oxygens (including phenoxy) is 2. The summed E-state index contributed by atoms with van der Waals surface area (Å²) in [5, 5.41) is 23.0. The summed E-state index contributed by atoms with van der Waals surface area (Å²) in [6.07, 6.45) is 0.583. The predicted octanol–water partition coefficient (Wildman–Crippen LogP) is 6.55. The van der Waals surface area contributed by atoms with Crippen LogP contribution in [0.1, 0.15) is 47.1 Å². The van der Waals surface area contributed by atoms with Gasteiger partial charge in [0.05, 0.1) is 18.8 Å². The predicted molar refractivity (Wildman–Crippen MR) is 177 cm³/mol. The highest BCUT2D eigenvalue weighted by atomic mass is 32.2. The number of nitrogens with one attached hydrogen (secondary N) is 3. The van der Waals surface area contributed by atoms with E-state index in [1.807, 2.05) is 78.9 Å². The molecular weight excluding hydrogens is 598 g/mol. The molecule has 0 saturated carbocycles. The Labute approximate surface area is 272 Å². The molecule has 2 amide bonds. The third-order valence-corrected chi connectivity index (χ3v) is 9.03. The number of benzene rings is 4. The van der Waals surface area contributed by atoms with Gasteiger partial charge in [0.2, 0.25) is 0 Å². The van der Waals surface area contributed by atoms with Crippen LogP contribution in [0.4, 0.5) is 4.79 Å². The van der Waals surface area contributed by atoms with Crippen LogP contribution < -0.4 is 10.6 Å². The first kappa shape index (κ1) is 31.5. The molecule has 5 aromatic rings. The van der Waals surface area contributed by atoms with Gasteiger partial charge in [0.15, 0.2) is 11.4 Å². The van der Waals surface area contributed by atoms with Gasteiger partial charge in [0.1, 0.15) is 6.33 Å². The molecule has 0 radical (unpaired) electrons. The molecule has 0 bridgehead atoms. The molecule has 4 N–H and O–H groups in total. The van der Waals surface area contributed by atoms with Crippen molar-refractivity contribution in [2.24, 2.45) is 5.92 Å². The van der Waals surface area contributed by atoms with Gasteiger partial charge in [-0.25, -0.2) is 9.78 Å². The first-order chi connectivity index (χ1) is 22.6. The molecule has 236 valence electrons. The maximum Gasteiger partial charge on any atom is 0.315 e. The molecule has 0 aliphatic carbocycles. The number of thioether (sulfide) groups is 1. The van der Waals surface area contributed by atoms with Gasteiger partial charge in [-0.1, -0.05) is 110 Å². The zero-order valence-electron chi connectivity index (χ0n) is 25.5. The van der Waals surface area contributed by atoms with Gasteiger partial charge >= 0.3 is 6.03 Å². The van der Waals surface area contributed by atoms with E-state index >= 15 is 0 Å². The quantitative estimate of drug-likeness (QED) is 0.122. The van der Waals surface area contributed by atoms with Crippen LogP contribution in [0.3, 0.4) is 0 Å². The number of rotatable bonds is 11. The van der Waals surface area contributed by atoms with Crippen molar-refractivity contribution in [2.75, 3.05) is 5.75 Å². The summed E-state index contributed by atoms with van der Waals surface area (Å²) in [7, 11) is 0. The second kappa shape index (κ2) is 15.2. The molecular formula is C36H37N5O4S. The summed E-state index contributed by atoms with van der Waals surface area (Å²) < 4.78 is 13.3. The lowest BCUT2D eigenvalue weighted by atomic mass is 9.91. The van der Waals surface area contributed by atoms with Crippen LogP contribution in [0.5, 0.6) is 0 Å². The number of carbonyl (C=O) groups excluding carboxylic acids is 1. The van der Waals surface area contributed by atoms with Crippen molar-refractivity contribution in [3.63, 3.8) is 0 Å². The van der Waals surface area contributed by atoms with E-state index in [1.165, 1.54) is 6.33 Å². The highest BCUT2D eigenvalue weighted by Gasteiger charge is 2.38. The minimum absolute atomic E-state index is 0.00491. The number of aromatic amines is 1. The van der Waals surface area contributed by atoms with E-state index in [0.717, 1.165) is 44.1 Å². The van der Waals surface area contributed by atoms with Crippen LogP contribution in [-0.2, 0) is 29.2 Å². The van der Waals surface area contributed by atoms with Crippen molar-refractivity contribution in [2.45, 2.75) is 50.3 Å². The van der Waals surface area contributed by atoms with Crippen LogP contribution in [-0.4, -0.2) is 38.2 Å². The Morgan fingerprint density at radius 1 is 0.826 bits per heavy atom. The molecule has 46 heavy (non-hydrogen) atoms. The number of hydrogen-bond donors (Lipinski definition) is 4. The number of aliphatic hydroxyl groups excluding tert-OH is 1. The minimum Gasteiger partial charge on any atom is -0.392 e. The lowest BCUT2D eigenvalue weighted by molar-refractivity contribution is -0.268. The molecule has 9 nitrogen and oxygen atoms in total. The van der Waals surface area contributed by atoms with Crippen LogP contribution in [0.25, 0.3) is 11.1 Å². The summed E-state index contributed by atoms with van der Waals surface area (Å²) in [5.41, 5.74) is 6.91. The van der Waals surface area contributed by atoms with E-state index in [0.29, 0.717) is 18.8 Å². The Morgan fingerprint density at radius 2 is 1.54 bits per heavy atom. The molecule has 4 atom stereocenters. The third kappa shape index (κ3) is 8.02. The van der Waals surface area contributed by atoms with Crippen molar-refractivity contribution >= 4 is 17.8 Å². The van der Waals surface area contributed by atoms with Gasteiger partial charge in [0, 0.05) is 30.3 Å². The van der Waals surface area contributed by atoms with Gasteiger partial charge in [0.25, 0.3) is 0 Å². The Hall–Kier alpha value is -4.48. The molecule has 0 spiro atoms. The van der Waals surface area contributed by atoms with Crippen LogP contribution in [0.15, 0.2) is 115 Å². The second-order valence-electron chi connectivity index (χ2n) is 11.3. The molecule has 1 saturated heterocycles. The monoisotopic (exact) mass is 635 g/mol. The van der Waals surface area contributed by atoms with Crippen molar-refractivity contribution in [3.05, 3.63) is 137 Å². The number of hydrogen-bond acceptors (Lipinski definition) is 7. The fourth-order valence-electron chi connectivity index (χ4n) is 5.48.